The molecular weight excluding hydrogens is 481 g/mol. The lowest BCUT2D eigenvalue weighted by Gasteiger charge is -2.44. The number of aromatic nitrogens is 1. The Hall–Kier alpha value is -3.27. The molecule has 37 heavy (non-hydrogen) atoms. The molecule has 1 aliphatic heterocycles. The van der Waals surface area contributed by atoms with Gasteiger partial charge in [0.1, 0.15) is 11.7 Å². The molecule has 4 rings (SSSR count). The predicted molar refractivity (Wildman–Crippen MR) is 136 cm³/mol. The molecule has 0 spiro atoms. The van der Waals surface area contributed by atoms with E-state index in [1.165, 1.54) is 12.3 Å². The number of pyridine rings is 1. The standard InChI is InChI=1S/C28H31F3N4O2/c1-19-8-10-23(14-20(19)2)35(13-12-21-9-11-24(33-15-21)28(29,30)31)26(36)25(22-6-4-3-5-7-22)34-27(16-32)17-37-18-27/h3-11,14-15,25,34H,12-13,16-18,32H2,1-2H3/t25-/m0/s1. The summed E-state index contributed by atoms with van der Waals surface area (Å²) < 4.78 is 44.2. The first-order valence-corrected chi connectivity index (χ1v) is 12.1. The average molecular weight is 513 g/mol. The molecule has 3 N–H and O–H groups in total. The van der Waals surface area contributed by atoms with Crippen LogP contribution in [0.2, 0.25) is 0 Å². The molecule has 3 aromatic rings. The maximum absolute atomic E-state index is 14.2. The van der Waals surface area contributed by atoms with E-state index in [1.807, 2.05) is 62.4 Å². The number of ether oxygens (including phenoxy) is 1. The third-order valence-corrected chi connectivity index (χ3v) is 6.79. The molecule has 1 aliphatic rings. The number of carbonyl (C=O) groups is 1. The lowest BCUT2D eigenvalue weighted by atomic mass is 9.93. The zero-order valence-electron chi connectivity index (χ0n) is 20.9. The average Bonchev–Trinajstić information content (AvgIpc) is 2.86. The fourth-order valence-electron chi connectivity index (χ4n) is 4.24. The highest BCUT2D eigenvalue weighted by Crippen LogP contribution is 2.29. The minimum atomic E-state index is -4.50. The molecule has 1 saturated heterocycles. The number of hydrogen-bond donors (Lipinski definition) is 2. The second-order valence-corrected chi connectivity index (χ2v) is 9.52. The molecule has 1 fully saturated rings. The van der Waals surface area contributed by atoms with Gasteiger partial charge in [-0.25, -0.2) is 0 Å². The van der Waals surface area contributed by atoms with E-state index in [9.17, 15) is 18.0 Å². The molecule has 1 aromatic heterocycles. The molecule has 0 bridgehead atoms. The van der Waals surface area contributed by atoms with Gasteiger partial charge in [0, 0.05) is 25.0 Å². The van der Waals surface area contributed by atoms with E-state index in [0.29, 0.717) is 37.4 Å². The number of hydrogen-bond acceptors (Lipinski definition) is 5. The Morgan fingerprint density at radius 1 is 1.11 bits per heavy atom. The van der Waals surface area contributed by atoms with Gasteiger partial charge >= 0.3 is 6.18 Å². The van der Waals surface area contributed by atoms with Gasteiger partial charge in [-0.3, -0.25) is 15.1 Å². The van der Waals surface area contributed by atoms with E-state index in [0.717, 1.165) is 22.8 Å². The highest BCUT2D eigenvalue weighted by atomic mass is 19.4. The Balaban J connectivity index is 1.66. The zero-order valence-corrected chi connectivity index (χ0v) is 20.9. The first-order chi connectivity index (χ1) is 17.6. The second kappa shape index (κ2) is 11.0. The molecule has 0 saturated carbocycles. The summed E-state index contributed by atoms with van der Waals surface area (Å²) in [6.45, 7) is 5.34. The first-order valence-electron chi connectivity index (χ1n) is 12.1. The smallest absolute Gasteiger partial charge is 0.377 e. The molecular formula is C28H31F3N4O2. The number of alkyl halides is 3. The van der Waals surface area contributed by atoms with E-state index in [2.05, 4.69) is 10.3 Å². The van der Waals surface area contributed by atoms with Crippen LogP contribution < -0.4 is 16.0 Å². The van der Waals surface area contributed by atoms with E-state index < -0.39 is 23.5 Å². The summed E-state index contributed by atoms with van der Waals surface area (Å²) in [6, 6.07) is 16.9. The number of benzene rings is 2. The van der Waals surface area contributed by atoms with Gasteiger partial charge in [-0.15, -0.1) is 0 Å². The SMILES string of the molecule is Cc1ccc(N(CCc2ccc(C(F)(F)F)nc2)C(=O)[C@@H](NC2(CN)COC2)c2ccccc2)cc1C. The maximum Gasteiger partial charge on any atom is 0.433 e. The van der Waals surface area contributed by atoms with Crippen molar-refractivity contribution < 1.29 is 22.7 Å². The molecule has 0 radical (unpaired) electrons. The summed E-state index contributed by atoms with van der Waals surface area (Å²) in [5, 5.41) is 3.45. The Kier molecular flexibility index (Phi) is 7.96. The minimum absolute atomic E-state index is 0.186. The van der Waals surface area contributed by atoms with Crippen LogP contribution in [-0.2, 0) is 22.1 Å². The first kappa shape index (κ1) is 26.8. The number of amides is 1. The van der Waals surface area contributed by atoms with Crippen molar-refractivity contribution in [3.05, 3.63) is 94.8 Å². The Bertz CT molecular complexity index is 1210. The lowest BCUT2D eigenvalue weighted by Crippen LogP contribution is -2.66. The minimum Gasteiger partial charge on any atom is -0.377 e. The quantitative estimate of drug-likeness (QED) is 0.446. The van der Waals surface area contributed by atoms with Crippen LogP contribution in [0.3, 0.4) is 0 Å². The normalized spacial score (nSPS) is 15.6. The van der Waals surface area contributed by atoms with Crippen molar-refractivity contribution in [3.63, 3.8) is 0 Å². The number of halogens is 3. The van der Waals surface area contributed by atoms with E-state index in [1.54, 1.807) is 4.90 Å². The highest BCUT2D eigenvalue weighted by Gasteiger charge is 2.42. The van der Waals surface area contributed by atoms with Gasteiger partial charge in [-0.05, 0) is 60.7 Å². The predicted octanol–water partition coefficient (Wildman–Crippen LogP) is 4.35. The van der Waals surface area contributed by atoms with Crippen LogP contribution in [0.15, 0.2) is 66.9 Å². The molecule has 196 valence electrons. The van der Waals surface area contributed by atoms with Crippen LogP contribution in [0.25, 0.3) is 0 Å². The van der Waals surface area contributed by atoms with Gasteiger partial charge < -0.3 is 15.4 Å². The fourth-order valence-corrected chi connectivity index (χ4v) is 4.24. The number of nitrogens with one attached hydrogen (secondary N) is 1. The highest BCUT2D eigenvalue weighted by molar-refractivity contribution is 5.98. The summed E-state index contributed by atoms with van der Waals surface area (Å²) in [6.07, 6.45) is -2.96. The maximum atomic E-state index is 14.2. The van der Waals surface area contributed by atoms with Gasteiger partial charge in [0.25, 0.3) is 0 Å². The summed E-state index contributed by atoms with van der Waals surface area (Å²) >= 11 is 0. The number of rotatable bonds is 9. The van der Waals surface area contributed by atoms with Crippen molar-refractivity contribution in [2.24, 2.45) is 5.73 Å². The molecule has 0 unspecified atom stereocenters. The topological polar surface area (TPSA) is 80.5 Å². The number of aryl methyl sites for hydroxylation is 2. The van der Waals surface area contributed by atoms with Gasteiger partial charge in [0.15, 0.2) is 0 Å². The van der Waals surface area contributed by atoms with Crippen molar-refractivity contribution in [1.29, 1.82) is 0 Å². The Labute approximate surface area is 214 Å². The van der Waals surface area contributed by atoms with Crippen LogP contribution in [0, 0.1) is 13.8 Å². The van der Waals surface area contributed by atoms with Crippen LogP contribution in [0.1, 0.15) is 34.0 Å². The molecule has 1 atom stereocenters. The molecule has 6 nitrogen and oxygen atoms in total. The Morgan fingerprint density at radius 2 is 1.84 bits per heavy atom. The van der Waals surface area contributed by atoms with Crippen molar-refractivity contribution >= 4 is 11.6 Å². The number of nitrogens with zero attached hydrogens (tertiary/aromatic N) is 2. The van der Waals surface area contributed by atoms with E-state index in [-0.39, 0.29) is 12.5 Å². The van der Waals surface area contributed by atoms with Crippen molar-refractivity contribution in [2.75, 3.05) is 31.2 Å². The van der Waals surface area contributed by atoms with Crippen molar-refractivity contribution in [1.82, 2.24) is 10.3 Å². The summed E-state index contributed by atoms with van der Waals surface area (Å²) in [4.78, 5) is 19.4. The van der Waals surface area contributed by atoms with Crippen molar-refractivity contribution in [3.8, 4) is 0 Å². The van der Waals surface area contributed by atoms with Gasteiger partial charge in [0.05, 0.1) is 18.8 Å². The van der Waals surface area contributed by atoms with Crippen LogP contribution in [0.4, 0.5) is 18.9 Å². The largest absolute Gasteiger partial charge is 0.433 e. The summed E-state index contributed by atoms with van der Waals surface area (Å²) in [7, 11) is 0. The van der Waals surface area contributed by atoms with Gasteiger partial charge in [0.2, 0.25) is 5.91 Å². The molecule has 0 aliphatic carbocycles. The number of anilines is 1. The third-order valence-electron chi connectivity index (χ3n) is 6.79. The number of nitrogens with two attached hydrogens (primary N) is 1. The van der Waals surface area contributed by atoms with Crippen molar-refractivity contribution in [2.45, 2.75) is 38.0 Å². The fraction of sp³-hybridized carbons (Fsp3) is 0.357. The molecule has 1 amide bonds. The molecule has 2 aromatic carbocycles. The number of carbonyl (C=O) groups excluding carboxylic acids is 1. The van der Waals surface area contributed by atoms with E-state index in [4.69, 9.17) is 10.5 Å². The van der Waals surface area contributed by atoms with E-state index >= 15 is 0 Å². The summed E-state index contributed by atoms with van der Waals surface area (Å²) in [5.74, 6) is -0.186. The van der Waals surface area contributed by atoms with Gasteiger partial charge in [-0.1, -0.05) is 42.5 Å². The molecule has 2 heterocycles. The van der Waals surface area contributed by atoms with Crippen LogP contribution in [-0.4, -0.2) is 42.7 Å². The van der Waals surface area contributed by atoms with Gasteiger partial charge in [-0.2, -0.15) is 13.2 Å². The molecule has 9 heteroatoms. The second-order valence-electron chi connectivity index (χ2n) is 9.52. The monoisotopic (exact) mass is 512 g/mol. The Morgan fingerprint density at radius 3 is 2.38 bits per heavy atom. The summed E-state index contributed by atoms with van der Waals surface area (Å²) in [5.41, 5.74) is 8.81. The van der Waals surface area contributed by atoms with Crippen LogP contribution >= 0.6 is 0 Å². The third kappa shape index (κ3) is 6.18. The van der Waals surface area contributed by atoms with Crippen LogP contribution in [0.5, 0.6) is 0 Å². The lowest BCUT2D eigenvalue weighted by molar-refractivity contribution is -0.141. The zero-order chi connectivity index (χ0) is 26.6.